The van der Waals surface area contributed by atoms with Crippen LogP contribution in [0.5, 0.6) is 11.5 Å². The summed E-state index contributed by atoms with van der Waals surface area (Å²) in [5.74, 6) is 2.15. The maximum atomic E-state index is 12.8. The SMILES string of the molecule is COC(=O)C1=C(C)Nc2nc(SCc3ccc(Cl)cc3)nn2C1c1ccc2c(c1)OCCCO2. The van der Waals surface area contributed by atoms with Crippen molar-refractivity contribution in [1.82, 2.24) is 14.8 Å². The molecule has 2 aromatic carbocycles. The lowest BCUT2D eigenvalue weighted by Gasteiger charge is -2.28. The summed E-state index contributed by atoms with van der Waals surface area (Å²) in [6.07, 6.45) is 0.811. The van der Waals surface area contributed by atoms with E-state index in [9.17, 15) is 4.79 Å². The molecule has 3 aromatic rings. The molecular weight excluding hydrogens is 476 g/mol. The van der Waals surface area contributed by atoms with Gasteiger partial charge in [0.15, 0.2) is 11.5 Å². The molecule has 8 nitrogen and oxygen atoms in total. The van der Waals surface area contributed by atoms with Crippen molar-refractivity contribution in [3.63, 3.8) is 0 Å². The van der Waals surface area contributed by atoms with Crippen molar-refractivity contribution in [1.29, 1.82) is 0 Å². The molecular formula is C24H23ClN4O4S. The van der Waals surface area contributed by atoms with Crippen LogP contribution in [0.3, 0.4) is 0 Å². The third kappa shape index (κ3) is 4.45. The molecule has 0 spiro atoms. The van der Waals surface area contributed by atoms with Gasteiger partial charge in [-0.15, -0.1) is 5.10 Å². The fraction of sp³-hybridized carbons (Fsp3) is 0.292. The van der Waals surface area contributed by atoms with Crippen LogP contribution in [-0.2, 0) is 15.3 Å². The van der Waals surface area contributed by atoms with Gasteiger partial charge in [-0.25, -0.2) is 9.48 Å². The molecule has 1 aromatic heterocycles. The number of esters is 1. The smallest absolute Gasteiger partial charge is 0.338 e. The standard InChI is InChI=1S/C24H23ClN4O4S/c1-14-20(22(30)31-2)21(16-6-9-18-19(12-16)33-11-3-10-32-18)29-23(26-14)27-24(28-29)34-13-15-4-7-17(25)8-5-15/h4-9,12,21H,3,10-11,13H2,1-2H3,(H,26,27,28). The van der Waals surface area contributed by atoms with Crippen LogP contribution in [0.1, 0.15) is 30.5 Å². The number of thioether (sulfide) groups is 1. The van der Waals surface area contributed by atoms with Crippen molar-refractivity contribution >= 4 is 35.3 Å². The Kier molecular flexibility index (Phi) is 6.38. The number of nitrogens with one attached hydrogen (secondary N) is 1. The van der Waals surface area contributed by atoms with E-state index < -0.39 is 12.0 Å². The van der Waals surface area contributed by atoms with E-state index in [0.717, 1.165) is 17.5 Å². The molecule has 3 heterocycles. The normalized spacial score (nSPS) is 17.0. The molecule has 2 aliphatic rings. The Balaban J connectivity index is 1.51. The van der Waals surface area contributed by atoms with Crippen LogP contribution in [-0.4, -0.2) is 41.1 Å². The van der Waals surface area contributed by atoms with Gasteiger partial charge in [-0.05, 0) is 42.3 Å². The van der Waals surface area contributed by atoms with Gasteiger partial charge in [-0.3, -0.25) is 0 Å². The van der Waals surface area contributed by atoms with Gasteiger partial charge >= 0.3 is 5.97 Å². The van der Waals surface area contributed by atoms with Crippen molar-refractivity contribution < 1.29 is 19.0 Å². The minimum absolute atomic E-state index is 0.432. The Morgan fingerprint density at radius 3 is 2.74 bits per heavy atom. The number of carbonyl (C=O) groups is 1. The molecule has 5 rings (SSSR count). The maximum absolute atomic E-state index is 12.8. The Labute approximate surface area is 206 Å². The van der Waals surface area contributed by atoms with Crippen LogP contribution in [0.15, 0.2) is 58.9 Å². The van der Waals surface area contributed by atoms with Crippen LogP contribution in [0.2, 0.25) is 5.02 Å². The summed E-state index contributed by atoms with van der Waals surface area (Å²) >= 11 is 7.49. The number of methoxy groups -OCH3 is 1. The van der Waals surface area contributed by atoms with E-state index in [1.165, 1.54) is 18.9 Å². The fourth-order valence-corrected chi connectivity index (χ4v) is 4.86. The molecule has 10 heteroatoms. The molecule has 1 unspecified atom stereocenters. The van der Waals surface area contributed by atoms with Gasteiger partial charge in [0.25, 0.3) is 0 Å². The van der Waals surface area contributed by atoms with E-state index >= 15 is 0 Å². The lowest BCUT2D eigenvalue weighted by Crippen LogP contribution is -2.29. The van der Waals surface area contributed by atoms with Crippen molar-refractivity contribution in [3.8, 4) is 11.5 Å². The summed E-state index contributed by atoms with van der Waals surface area (Å²) in [6, 6.07) is 12.8. The molecule has 0 fully saturated rings. The third-order valence-corrected chi connectivity index (χ3v) is 6.77. The molecule has 0 radical (unpaired) electrons. The number of ether oxygens (including phenoxy) is 3. The summed E-state index contributed by atoms with van der Waals surface area (Å²) in [6.45, 7) is 3.01. The van der Waals surface area contributed by atoms with E-state index in [0.29, 0.717) is 57.9 Å². The lowest BCUT2D eigenvalue weighted by molar-refractivity contribution is -0.136. The van der Waals surface area contributed by atoms with Crippen molar-refractivity contribution in [3.05, 3.63) is 69.9 Å². The highest BCUT2D eigenvalue weighted by molar-refractivity contribution is 7.98. The largest absolute Gasteiger partial charge is 0.490 e. The average molecular weight is 499 g/mol. The van der Waals surface area contributed by atoms with E-state index in [2.05, 4.69) is 10.3 Å². The summed E-state index contributed by atoms with van der Waals surface area (Å²) in [5.41, 5.74) is 3.06. The zero-order chi connectivity index (χ0) is 23.7. The maximum Gasteiger partial charge on any atom is 0.338 e. The number of rotatable bonds is 5. The van der Waals surface area contributed by atoms with E-state index in [1.807, 2.05) is 49.4 Å². The topological polar surface area (TPSA) is 87.5 Å². The first-order valence-electron chi connectivity index (χ1n) is 10.8. The zero-order valence-electron chi connectivity index (χ0n) is 18.7. The van der Waals surface area contributed by atoms with Gasteiger partial charge in [0, 0.05) is 22.9 Å². The van der Waals surface area contributed by atoms with Gasteiger partial charge in [-0.1, -0.05) is 41.6 Å². The molecule has 1 atom stereocenters. The number of allylic oxidation sites excluding steroid dienone is 1. The van der Waals surface area contributed by atoms with Crippen LogP contribution in [0.4, 0.5) is 5.95 Å². The van der Waals surface area contributed by atoms with E-state index in [4.69, 9.17) is 30.9 Å². The van der Waals surface area contributed by atoms with Crippen molar-refractivity contribution in [2.45, 2.75) is 30.3 Å². The van der Waals surface area contributed by atoms with E-state index in [1.54, 1.807) is 4.68 Å². The Morgan fingerprint density at radius 2 is 1.97 bits per heavy atom. The highest BCUT2D eigenvalue weighted by atomic mass is 35.5. The summed E-state index contributed by atoms with van der Waals surface area (Å²) in [4.78, 5) is 17.5. The first kappa shape index (κ1) is 22.6. The van der Waals surface area contributed by atoms with Crippen LogP contribution in [0, 0.1) is 0 Å². The number of benzene rings is 2. The molecule has 0 saturated carbocycles. The molecule has 176 valence electrons. The second-order valence-corrected chi connectivity index (χ2v) is 9.27. The van der Waals surface area contributed by atoms with Gasteiger partial charge < -0.3 is 19.5 Å². The lowest BCUT2D eigenvalue weighted by atomic mass is 9.95. The molecule has 1 N–H and O–H groups in total. The number of carbonyl (C=O) groups excluding carboxylic acids is 1. The highest BCUT2D eigenvalue weighted by Gasteiger charge is 2.35. The third-order valence-electron chi connectivity index (χ3n) is 5.61. The van der Waals surface area contributed by atoms with Gasteiger partial charge in [0.1, 0.15) is 6.04 Å². The summed E-state index contributed by atoms with van der Waals surface area (Å²) < 4.78 is 18.5. The first-order chi connectivity index (χ1) is 16.5. The molecule has 0 aliphatic carbocycles. The van der Waals surface area contributed by atoms with Crippen LogP contribution >= 0.6 is 23.4 Å². The Bertz CT molecular complexity index is 1260. The summed E-state index contributed by atoms with van der Waals surface area (Å²) in [7, 11) is 1.37. The molecule has 2 aliphatic heterocycles. The zero-order valence-corrected chi connectivity index (χ0v) is 20.3. The van der Waals surface area contributed by atoms with Crippen LogP contribution in [0.25, 0.3) is 0 Å². The minimum Gasteiger partial charge on any atom is -0.490 e. The number of hydrogen-bond acceptors (Lipinski definition) is 8. The second kappa shape index (κ2) is 9.60. The monoisotopic (exact) mass is 498 g/mol. The molecule has 0 saturated heterocycles. The second-order valence-electron chi connectivity index (χ2n) is 7.89. The molecule has 34 heavy (non-hydrogen) atoms. The minimum atomic E-state index is -0.529. The number of halogens is 1. The average Bonchev–Trinajstić information content (AvgIpc) is 3.09. The van der Waals surface area contributed by atoms with Gasteiger partial charge in [0.2, 0.25) is 11.1 Å². The molecule has 0 amide bonds. The Morgan fingerprint density at radius 1 is 1.21 bits per heavy atom. The Hall–Kier alpha value is -3.17. The number of aromatic nitrogens is 3. The predicted octanol–water partition coefficient (Wildman–Crippen LogP) is 4.85. The quantitative estimate of drug-likeness (QED) is 0.394. The fourth-order valence-electron chi connectivity index (χ4n) is 3.95. The van der Waals surface area contributed by atoms with Crippen molar-refractivity contribution in [2.24, 2.45) is 0 Å². The van der Waals surface area contributed by atoms with Gasteiger partial charge in [0.05, 0.1) is 25.9 Å². The van der Waals surface area contributed by atoms with E-state index in [-0.39, 0.29) is 0 Å². The summed E-state index contributed by atoms with van der Waals surface area (Å²) in [5, 5.41) is 9.23. The van der Waals surface area contributed by atoms with Crippen molar-refractivity contribution in [2.75, 3.05) is 25.6 Å². The number of fused-ring (bicyclic) bond motifs is 2. The van der Waals surface area contributed by atoms with Crippen LogP contribution < -0.4 is 14.8 Å². The first-order valence-corrected chi connectivity index (χ1v) is 12.2. The van der Waals surface area contributed by atoms with Gasteiger partial charge in [-0.2, -0.15) is 4.98 Å². The number of anilines is 1. The highest BCUT2D eigenvalue weighted by Crippen LogP contribution is 2.40. The predicted molar refractivity (Wildman–Crippen MR) is 130 cm³/mol. The number of hydrogen-bond donors (Lipinski definition) is 1. The molecule has 0 bridgehead atoms. The number of nitrogens with zero attached hydrogens (tertiary/aromatic N) is 3.